The van der Waals surface area contributed by atoms with Crippen LogP contribution in [0.25, 0.3) is 0 Å². The number of rotatable bonds is 3. The maximum Gasteiger partial charge on any atom is 0.404 e. The molecular weight excluding hydrogens is 295 g/mol. The monoisotopic (exact) mass is 307 g/mol. The Kier molecular flexibility index (Phi) is 3.83. The molecule has 110 valence electrons. The van der Waals surface area contributed by atoms with Crippen molar-refractivity contribution in [3.05, 3.63) is 29.6 Å². The zero-order valence-electron chi connectivity index (χ0n) is 10.5. The lowest BCUT2D eigenvalue weighted by Gasteiger charge is -2.20. The molecule has 5 nitrogen and oxygen atoms in total. The molecule has 1 atom stereocenters. The van der Waals surface area contributed by atoms with Crippen molar-refractivity contribution in [2.45, 2.75) is 32.1 Å². The van der Waals surface area contributed by atoms with E-state index in [-0.39, 0.29) is 17.2 Å². The molecule has 1 aliphatic rings. The van der Waals surface area contributed by atoms with E-state index in [1.54, 1.807) is 4.72 Å². The smallest absolute Gasteiger partial charge is 0.265 e. The van der Waals surface area contributed by atoms with Crippen LogP contribution in [0.4, 0.5) is 13.2 Å². The standard InChI is InChI=1S/C11H12F3N3O2S/c1-2-9(11(12,13)14)17-20(18,19)10-7-4-3-5-15-8(7)6-16-10/h3-5,9,17H,2,6H2,1H3/t9-/m0/s1. The number of nitrogens with zero attached hydrogens (tertiary/aromatic N) is 2. The zero-order chi connectivity index (χ0) is 15.0. The van der Waals surface area contributed by atoms with Crippen LogP contribution in [0.1, 0.15) is 24.6 Å². The lowest BCUT2D eigenvalue weighted by molar-refractivity contribution is -0.151. The fourth-order valence-corrected chi connectivity index (χ4v) is 3.34. The van der Waals surface area contributed by atoms with Crippen LogP contribution in [0.3, 0.4) is 0 Å². The van der Waals surface area contributed by atoms with Crippen molar-refractivity contribution in [1.82, 2.24) is 9.71 Å². The number of alkyl halides is 3. The van der Waals surface area contributed by atoms with E-state index in [1.807, 2.05) is 0 Å². The van der Waals surface area contributed by atoms with Crippen molar-refractivity contribution in [1.29, 1.82) is 0 Å². The second-order valence-electron chi connectivity index (χ2n) is 4.24. The summed E-state index contributed by atoms with van der Waals surface area (Å²) in [6.07, 6.45) is -3.56. The average Bonchev–Trinajstić information content (AvgIpc) is 2.79. The van der Waals surface area contributed by atoms with Gasteiger partial charge in [-0.2, -0.15) is 17.9 Å². The first kappa shape index (κ1) is 14.9. The van der Waals surface area contributed by atoms with Crippen LogP contribution in [0.15, 0.2) is 23.3 Å². The maximum atomic E-state index is 12.7. The van der Waals surface area contributed by atoms with E-state index in [0.29, 0.717) is 5.69 Å². The van der Waals surface area contributed by atoms with Crippen LogP contribution in [-0.2, 0) is 16.6 Å². The summed E-state index contributed by atoms with van der Waals surface area (Å²) < 4.78 is 63.7. The van der Waals surface area contributed by atoms with E-state index in [0.717, 1.165) is 0 Å². The number of aliphatic imine (C=N–C) groups is 1. The molecule has 1 aromatic heterocycles. The van der Waals surface area contributed by atoms with Gasteiger partial charge in [0, 0.05) is 11.8 Å². The number of hydrogen-bond donors (Lipinski definition) is 1. The molecule has 0 fully saturated rings. The van der Waals surface area contributed by atoms with Crippen LogP contribution < -0.4 is 4.72 Å². The van der Waals surface area contributed by atoms with Gasteiger partial charge in [-0.05, 0) is 18.6 Å². The molecule has 9 heteroatoms. The lowest BCUT2D eigenvalue weighted by Crippen LogP contribution is -2.47. The van der Waals surface area contributed by atoms with Crippen LogP contribution in [-0.4, -0.2) is 30.7 Å². The largest absolute Gasteiger partial charge is 0.404 e. The van der Waals surface area contributed by atoms with Crippen LogP contribution in [0, 0.1) is 0 Å². The van der Waals surface area contributed by atoms with E-state index >= 15 is 0 Å². The lowest BCUT2D eigenvalue weighted by atomic mass is 10.2. The SMILES string of the molecule is CC[C@H](NS(=O)(=O)C1=NCc2ncccc21)C(F)(F)F. The molecule has 1 N–H and O–H groups in total. The van der Waals surface area contributed by atoms with Crippen LogP contribution >= 0.6 is 0 Å². The van der Waals surface area contributed by atoms with Gasteiger partial charge in [-0.25, -0.2) is 8.42 Å². The fraction of sp³-hybridized carbons (Fsp3) is 0.455. The first-order valence-corrected chi connectivity index (χ1v) is 7.31. The van der Waals surface area contributed by atoms with Gasteiger partial charge in [0.05, 0.1) is 12.2 Å². The minimum Gasteiger partial charge on any atom is -0.265 e. The van der Waals surface area contributed by atoms with E-state index < -0.39 is 28.7 Å². The molecule has 2 heterocycles. The van der Waals surface area contributed by atoms with Gasteiger partial charge >= 0.3 is 6.18 Å². The minimum absolute atomic E-state index is 0.0508. The Morgan fingerprint density at radius 3 is 2.75 bits per heavy atom. The number of halogens is 3. The molecule has 20 heavy (non-hydrogen) atoms. The molecule has 0 aromatic carbocycles. The predicted molar refractivity (Wildman–Crippen MR) is 66.7 cm³/mol. The molecule has 0 bridgehead atoms. The first-order valence-electron chi connectivity index (χ1n) is 5.83. The van der Waals surface area contributed by atoms with E-state index in [4.69, 9.17) is 0 Å². The molecule has 0 saturated carbocycles. The summed E-state index contributed by atoms with van der Waals surface area (Å²) in [7, 11) is -4.33. The number of sulfonamides is 1. The number of hydrogen-bond acceptors (Lipinski definition) is 4. The second kappa shape index (κ2) is 5.13. The number of nitrogens with one attached hydrogen (secondary N) is 1. The number of aromatic nitrogens is 1. The van der Waals surface area contributed by atoms with Crippen molar-refractivity contribution in [2.75, 3.05) is 0 Å². The minimum atomic E-state index is -4.64. The molecule has 1 aromatic rings. The molecular formula is C11H12F3N3O2S. The van der Waals surface area contributed by atoms with Gasteiger partial charge in [-0.15, -0.1) is 0 Å². The molecule has 1 aliphatic heterocycles. The average molecular weight is 307 g/mol. The Morgan fingerprint density at radius 2 is 2.15 bits per heavy atom. The van der Waals surface area contributed by atoms with Crippen molar-refractivity contribution in [2.24, 2.45) is 4.99 Å². The van der Waals surface area contributed by atoms with E-state index in [2.05, 4.69) is 9.98 Å². The Bertz CT molecular complexity index is 641. The number of fused-ring (bicyclic) bond motifs is 1. The molecule has 2 rings (SSSR count). The van der Waals surface area contributed by atoms with Gasteiger partial charge < -0.3 is 0 Å². The van der Waals surface area contributed by atoms with Gasteiger partial charge in [0.1, 0.15) is 6.04 Å². The Morgan fingerprint density at radius 1 is 1.45 bits per heavy atom. The third kappa shape index (κ3) is 2.83. The van der Waals surface area contributed by atoms with Gasteiger partial charge in [-0.3, -0.25) is 9.98 Å². The summed E-state index contributed by atoms with van der Waals surface area (Å²) in [5.41, 5.74) is 0.685. The fourth-order valence-electron chi connectivity index (χ4n) is 1.85. The predicted octanol–water partition coefficient (Wildman–Crippen LogP) is 1.60. The summed E-state index contributed by atoms with van der Waals surface area (Å²) in [6, 6.07) is 0.856. The molecule has 0 radical (unpaired) electrons. The highest BCUT2D eigenvalue weighted by Crippen LogP contribution is 2.25. The topological polar surface area (TPSA) is 71.4 Å². The zero-order valence-corrected chi connectivity index (χ0v) is 11.3. The van der Waals surface area contributed by atoms with Crippen molar-refractivity contribution >= 4 is 15.1 Å². The Hall–Kier alpha value is -1.48. The molecule has 0 saturated heterocycles. The highest BCUT2D eigenvalue weighted by atomic mass is 32.2. The third-order valence-corrected chi connectivity index (χ3v) is 4.30. The third-order valence-electron chi connectivity index (χ3n) is 2.85. The maximum absolute atomic E-state index is 12.7. The molecule has 0 spiro atoms. The Labute approximate surface area is 114 Å². The van der Waals surface area contributed by atoms with Crippen molar-refractivity contribution < 1.29 is 21.6 Å². The second-order valence-corrected chi connectivity index (χ2v) is 5.87. The summed E-state index contributed by atoms with van der Waals surface area (Å²) >= 11 is 0. The Balaban J connectivity index is 2.29. The van der Waals surface area contributed by atoms with Crippen molar-refractivity contribution in [3.8, 4) is 0 Å². The quantitative estimate of drug-likeness (QED) is 0.922. The molecule has 0 amide bonds. The van der Waals surface area contributed by atoms with E-state index in [9.17, 15) is 21.6 Å². The van der Waals surface area contributed by atoms with Crippen LogP contribution in [0.5, 0.6) is 0 Å². The summed E-state index contributed by atoms with van der Waals surface area (Å²) in [5.74, 6) is 0. The van der Waals surface area contributed by atoms with Gasteiger partial charge in [0.25, 0.3) is 10.0 Å². The normalized spacial score (nSPS) is 16.7. The van der Waals surface area contributed by atoms with Gasteiger partial charge in [0.15, 0.2) is 5.04 Å². The highest BCUT2D eigenvalue weighted by molar-refractivity contribution is 8.05. The summed E-state index contributed by atoms with van der Waals surface area (Å²) in [4.78, 5) is 7.72. The van der Waals surface area contributed by atoms with Gasteiger partial charge in [0.2, 0.25) is 0 Å². The summed E-state index contributed by atoms with van der Waals surface area (Å²) in [5, 5.41) is -0.386. The molecule has 0 unspecified atom stereocenters. The summed E-state index contributed by atoms with van der Waals surface area (Å²) in [6.45, 7) is 1.31. The highest BCUT2D eigenvalue weighted by Gasteiger charge is 2.42. The van der Waals surface area contributed by atoms with E-state index in [1.165, 1.54) is 25.3 Å². The van der Waals surface area contributed by atoms with Crippen LogP contribution in [0.2, 0.25) is 0 Å². The number of pyridine rings is 1. The van der Waals surface area contributed by atoms with Gasteiger partial charge in [-0.1, -0.05) is 6.92 Å². The molecule has 0 aliphatic carbocycles. The first-order chi connectivity index (χ1) is 9.25. The van der Waals surface area contributed by atoms with Crippen molar-refractivity contribution in [3.63, 3.8) is 0 Å².